The summed E-state index contributed by atoms with van der Waals surface area (Å²) in [5.74, 6) is -1.71. The predicted octanol–water partition coefficient (Wildman–Crippen LogP) is 4.79. The molecule has 0 radical (unpaired) electrons. The Morgan fingerprint density at radius 3 is 2.40 bits per heavy atom. The molecule has 4 aliphatic rings. The van der Waals surface area contributed by atoms with E-state index in [4.69, 9.17) is 0 Å². The van der Waals surface area contributed by atoms with Gasteiger partial charge in [-0.2, -0.15) is 0 Å². The quantitative estimate of drug-likeness (QED) is 0.117. The molecule has 3 amide bonds. The van der Waals surface area contributed by atoms with Gasteiger partial charge in [0.15, 0.2) is 5.60 Å². The number of rotatable bonds is 10. The number of anilines is 3. The molecule has 0 aromatic heterocycles. The van der Waals surface area contributed by atoms with Gasteiger partial charge < -0.3 is 30.2 Å². The summed E-state index contributed by atoms with van der Waals surface area (Å²) in [4.78, 5) is 60.6. The highest BCUT2D eigenvalue weighted by Gasteiger charge is 2.54. The van der Waals surface area contributed by atoms with E-state index in [0.29, 0.717) is 49.4 Å². The third-order valence-electron chi connectivity index (χ3n) is 12.2. The summed E-state index contributed by atoms with van der Waals surface area (Å²) in [6, 6.07) is 28.9. The number of nitrogens with one attached hydrogen (secondary N) is 1. The number of piperidine rings is 1. The first-order valence-electron chi connectivity index (χ1n) is 19.5. The van der Waals surface area contributed by atoms with Crippen LogP contribution in [0.1, 0.15) is 48.4 Å². The van der Waals surface area contributed by atoms with Gasteiger partial charge >= 0.3 is 0 Å². The number of fused-ring (bicyclic) bond motifs is 2. The maximum atomic E-state index is 14.4. The van der Waals surface area contributed by atoms with Gasteiger partial charge in [0.25, 0.3) is 17.5 Å². The van der Waals surface area contributed by atoms with Crippen LogP contribution in [-0.4, -0.2) is 75.7 Å². The number of carbonyl (C=O) groups excluding carboxylic acids is 3. The molecule has 57 heavy (non-hydrogen) atoms. The molecule has 3 N–H and O–H groups in total. The summed E-state index contributed by atoms with van der Waals surface area (Å²) in [6.07, 6.45) is 5.05. The molecule has 4 aromatic carbocycles. The standard InChI is InChI=1S/C44H46N6O7/c1-30(9-7-16-40(52)46-27-33-12-6-5-11-32(33)24-37(46)28-51)44(55)38-25-36(50(56)57)17-18-39(38)47(42(44)54)26-31-10-8-15-35(23-31)48-29-49(34-13-3-2-4-14-34)43(41(48)53)19-21-45-22-20-43/h2-15,17-18,23,25,30,37,45,51,55H,16,19-22,24,26-29H2,1H3/b9-7+/t30-,37-,44+/m0/s1. The van der Waals surface area contributed by atoms with Crippen molar-refractivity contribution in [1.82, 2.24) is 10.2 Å². The Balaban J connectivity index is 1.04. The fraction of sp³-hybridized carbons (Fsp3) is 0.341. The number of amides is 3. The lowest BCUT2D eigenvalue weighted by molar-refractivity contribution is -0.385. The lowest BCUT2D eigenvalue weighted by atomic mass is 9.82. The van der Waals surface area contributed by atoms with Crippen LogP contribution in [0.2, 0.25) is 0 Å². The Kier molecular flexibility index (Phi) is 10.1. The summed E-state index contributed by atoms with van der Waals surface area (Å²) in [6.45, 7) is 3.68. The molecule has 3 atom stereocenters. The molecular formula is C44H46N6O7. The fourth-order valence-corrected chi connectivity index (χ4v) is 9.05. The van der Waals surface area contributed by atoms with Gasteiger partial charge in [0, 0.05) is 48.0 Å². The number of nitro benzene ring substituents is 1. The van der Waals surface area contributed by atoms with Gasteiger partial charge in [0.1, 0.15) is 5.54 Å². The zero-order chi connectivity index (χ0) is 39.9. The Hall–Kier alpha value is -5.89. The summed E-state index contributed by atoms with van der Waals surface area (Å²) >= 11 is 0. The first-order valence-corrected chi connectivity index (χ1v) is 19.5. The van der Waals surface area contributed by atoms with Crippen LogP contribution >= 0.6 is 0 Å². The average molecular weight is 771 g/mol. The van der Waals surface area contributed by atoms with E-state index in [1.54, 1.807) is 28.9 Å². The van der Waals surface area contributed by atoms with Gasteiger partial charge in [-0.1, -0.05) is 73.7 Å². The van der Waals surface area contributed by atoms with Crippen LogP contribution in [-0.2, 0) is 39.5 Å². The number of carbonyl (C=O) groups is 3. The van der Waals surface area contributed by atoms with E-state index in [0.717, 1.165) is 29.9 Å². The van der Waals surface area contributed by atoms with E-state index in [-0.39, 0.29) is 48.7 Å². The molecule has 0 bridgehead atoms. The molecule has 0 unspecified atom stereocenters. The molecule has 294 valence electrons. The maximum Gasteiger partial charge on any atom is 0.269 e. The van der Waals surface area contributed by atoms with Crippen LogP contribution in [0.15, 0.2) is 109 Å². The number of aliphatic hydroxyl groups is 2. The minimum atomic E-state index is -2.17. The molecule has 8 rings (SSSR count). The topological polar surface area (TPSA) is 160 Å². The van der Waals surface area contributed by atoms with Crippen molar-refractivity contribution in [2.75, 3.05) is 41.1 Å². The lowest BCUT2D eigenvalue weighted by Crippen LogP contribution is -2.55. The van der Waals surface area contributed by atoms with Crippen molar-refractivity contribution >= 4 is 40.5 Å². The molecule has 13 heteroatoms. The highest BCUT2D eigenvalue weighted by molar-refractivity contribution is 6.08. The average Bonchev–Trinajstić information content (AvgIpc) is 3.63. The summed E-state index contributed by atoms with van der Waals surface area (Å²) in [5, 5.41) is 37.7. The lowest BCUT2D eigenvalue weighted by Gasteiger charge is -2.39. The molecular weight excluding hydrogens is 725 g/mol. The van der Waals surface area contributed by atoms with Crippen molar-refractivity contribution < 1.29 is 29.5 Å². The molecule has 4 aromatic rings. The van der Waals surface area contributed by atoms with E-state index in [1.165, 1.54) is 23.1 Å². The van der Waals surface area contributed by atoms with Crippen LogP contribution in [0.3, 0.4) is 0 Å². The number of benzene rings is 4. The summed E-state index contributed by atoms with van der Waals surface area (Å²) in [7, 11) is 0. The van der Waals surface area contributed by atoms with Gasteiger partial charge in [-0.15, -0.1) is 0 Å². The normalized spacial score (nSPS) is 22.0. The van der Waals surface area contributed by atoms with Gasteiger partial charge in [-0.3, -0.25) is 29.4 Å². The van der Waals surface area contributed by atoms with Crippen LogP contribution in [0.5, 0.6) is 0 Å². The molecule has 1 spiro atoms. The van der Waals surface area contributed by atoms with Crippen LogP contribution in [0.4, 0.5) is 22.7 Å². The number of para-hydroxylation sites is 1. The van der Waals surface area contributed by atoms with Gasteiger partial charge in [0.05, 0.1) is 36.5 Å². The number of hydrogen-bond acceptors (Lipinski definition) is 9. The Morgan fingerprint density at radius 2 is 1.67 bits per heavy atom. The first kappa shape index (κ1) is 38.0. The third kappa shape index (κ3) is 6.65. The van der Waals surface area contributed by atoms with Crippen molar-refractivity contribution in [3.63, 3.8) is 0 Å². The van der Waals surface area contributed by atoms with Crippen molar-refractivity contribution in [2.24, 2.45) is 5.92 Å². The zero-order valence-electron chi connectivity index (χ0n) is 31.8. The Bertz CT molecular complexity index is 2240. The molecule has 0 aliphatic carbocycles. The van der Waals surface area contributed by atoms with Crippen LogP contribution < -0.4 is 20.0 Å². The minimum absolute atomic E-state index is 0.0189. The maximum absolute atomic E-state index is 14.4. The van der Waals surface area contributed by atoms with Gasteiger partial charge in [-0.25, -0.2) is 0 Å². The van der Waals surface area contributed by atoms with Crippen molar-refractivity contribution in [3.8, 4) is 0 Å². The van der Waals surface area contributed by atoms with Crippen LogP contribution in [0, 0.1) is 16.0 Å². The number of hydrogen-bond donors (Lipinski definition) is 3. The smallest absolute Gasteiger partial charge is 0.269 e. The van der Waals surface area contributed by atoms with E-state index in [1.807, 2.05) is 78.9 Å². The van der Waals surface area contributed by atoms with Crippen molar-refractivity contribution in [2.45, 2.75) is 62.9 Å². The van der Waals surface area contributed by atoms with E-state index < -0.39 is 27.9 Å². The Morgan fingerprint density at radius 1 is 0.947 bits per heavy atom. The second-order valence-corrected chi connectivity index (χ2v) is 15.5. The minimum Gasteiger partial charge on any atom is -0.394 e. The number of aliphatic hydroxyl groups excluding tert-OH is 1. The Labute approximate surface area is 331 Å². The molecule has 2 saturated heterocycles. The fourth-order valence-electron chi connectivity index (χ4n) is 9.05. The van der Waals surface area contributed by atoms with Gasteiger partial charge in [-0.05, 0) is 79.4 Å². The number of non-ortho nitro benzene ring substituents is 1. The second kappa shape index (κ2) is 15.2. The largest absolute Gasteiger partial charge is 0.394 e. The second-order valence-electron chi connectivity index (χ2n) is 15.5. The van der Waals surface area contributed by atoms with Crippen molar-refractivity contribution in [3.05, 3.63) is 142 Å². The molecule has 2 fully saturated rings. The highest BCUT2D eigenvalue weighted by Crippen LogP contribution is 2.47. The monoisotopic (exact) mass is 770 g/mol. The van der Waals surface area contributed by atoms with E-state index in [9.17, 15) is 34.7 Å². The predicted molar refractivity (Wildman–Crippen MR) is 215 cm³/mol. The van der Waals surface area contributed by atoms with Crippen LogP contribution in [0.25, 0.3) is 0 Å². The highest BCUT2D eigenvalue weighted by atomic mass is 16.6. The summed E-state index contributed by atoms with van der Waals surface area (Å²) < 4.78 is 0. The van der Waals surface area contributed by atoms with E-state index >= 15 is 0 Å². The van der Waals surface area contributed by atoms with Crippen molar-refractivity contribution in [1.29, 1.82) is 0 Å². The number of nitrogens with zero attached hydrogens (tertiary/aromatic N) is 5. The third-order valence-corrected chi connectivity index (χ3v) is 12.2. The summed E-state index contributed by atoms with van der Waals surface area (Å²) in [5.41, 5.74) is 1.80. The van der Waals surface area contributed by atoms with Gasteiger partial charge in [0.2, 0.25) is 5.91 Å². The molecule has 0 saturated carbocycles. The zero-order valence-corrected chi connectivity index (χ0v) is 31.8. The van der Waals surface area contributed by atoms with E-state index in [2.05, 4.69) is 10.2 Å². The molecule has 13 nitrogen and oxygen atoms in total. The SMILES string of the molecule is C[C@@H](/C=C/CC(=O)N1Cc2ccccc2C[C@H]1CO)[C@]1(O)C(=O)N(Cc2cccc(N3CN(c4ccccc4)C4(CCNCC4)C3=O)c2)c2ccc([N+](=O)[O-])cc21. The first-order chi connectivity index (χ1) is 27.5. The molecule has 4 heterocycles. The molecule has 4 aliphatic heterocycles. The number of nitro groups is 1.